The van der Waals surface area contributed by atoms with Crippen molar-refractivity contribution < 1.29 is 9.53 Å². The summed E-state index contributed by atoms with van der Waals surface area (Å²) in [7, 11) is 1.64. The maximum absolute atomic E-state index is 12.7. The highest BCUT2D eigenvalue weighted by atomic mass is 35.5. The number of anilines is 1. The first-order valence-electron chi connectivity index (χ1n) is 9.16. The van der Waals surface area contributed by atoms with E-state index in [4.69, 9.17) is 27.9 Å². The molecule has 0 radical (unpaired) electrons. The molecule has 0 aliphatic carbocycles. The molecule has 1 N–H and O–H groups in total. The van der Waals surface area contributed by atoms with Crippen molar-refractivity contribution in [2.24, 2.45) is 0 Å². The summed E-state index contributed by atoms with van der Waals surface area (Å²) in [5, 5.41) is 12.2. The number of carbonyl (C=O) groups excluding carboxylic acids is 1. The Kier molecular flexibility index (Phi) is 7.71. The predicted molar refractivity (Wildman–Crippen MR) is 120 cm³/mol. The number of ether oxygens (including phenoxy) is 1. The van der Waals surface area contributed by atoms with E-state index in [1.165, 1.54) is 24.0 Å². The smallest absolute Gasteiger partial charge is 0.238 e. The van der Waals surface area contributed by atoms with Gasteiger partial charge in [0.15, 0.2) is 16.8 Å². The van der Waals surface area contributed by atoms with Crippen LogP contribution in [0.15, 0.2) is 41.7 Å². The maximum Gasteiger partial charge on any atom is 0.238 e. The summed E-state index contributed by atoms with van der Waals surface area (Å²) in [5.74, 6) is 0.739. The topological polar surface area (TPSA) is 81.9 Å². The molecule has 0 bridgehead atoms. The Morgan fingerprint density at radius 3 is 2.80 bits per heavy atom. The van der Waals surface area contributed by atoms with Gasteiger partial charge in [-0.1, -0.05) is 58.7 Å². The number of carbonyl (C=O) groups is 1. The van der Waals surface area contributed by atoms with Crippen LogP contribution in [0.5, 0.6) is 0 Å². The number of hydrogen-bond donors (Lipinski definition) is 1. The Labute approximate surface area is 189 Å². The van der Waals surface area contributed by atoms with E-state index in [9.17, 15) is 4.79 Å². The number of hydrogen-bond acceptors (Lipinski definition) is 6. The van der Waals surface area contributed by atoms with E-state index in [1.807, 2.05) is 35.8 Å². The molecule has 1 atom stereocenters. The third-order valence-corrected chi connectivity index (χ3v) is 5.79. The van der Waals surface area contributed by atoms with Gasteiger partial charge in [0.05, 0.1) is 28.4 Å². The van der Waals surface area contributed by atoms with E-state index >= 15 is 0 Å². The third kappa shape index (κ3) is 5.51. The summed E-state index contributed by atoms with van der Waals surface area (Å²) >= 11 is 13.3. The molecule has 1 unspecified atom stereocenters. The van der Waals surface area contributed by atoms with E-state index in [-0.39, 0.29) is 16.7 Å². The zero-order valence-electron chi connectivity index (χ0n) is 16.7. The Balaban J connectivity index is 1.80. The molecule has 2 aromatic heterocycles. The van der Waals surface area contributed by atoms with Crippen molar-refractivity contribution in [2.75, 3.05) is 19.0 Å². The molecule has 158 valence electrons. The average molecular weight is 466 g/mol. The van der Waals surface area contributed by atoms with Crippen LogP contribution in [-0.4, -0.2) is 44.6 Å². The zero-order valence-corrected chi connectivity index (χ0v) is 19.1. The molecule has 0 aliphatic rings. The van der Waals surface area contributed by atoms with Crippen molar-refractivity contribution in [1.82, 2.24) is 19.7 Å². The summed E-state index contributed by atoms with van der Waals surface area (Å²) in [4.78, 5) is 16.7. The zero-order chi connectivity index (χ0) is 21.7. The van der Waals surface area contributed by atoms with Gasteiger partial charge in [-0.25, -0.2) is 4.98 Å². The van der Waals surface area contributed by atoms with Crippen LogP contribution in [0.3, 0.4) is 0 Å². The lowest BCUT2D eigenvalue weighted by Gasteiger charge is -2.14. The lowest BCUT2D eigenvalue weighted by molar-refractivity contribution is -0.115. The first-order chi connectivity index (χ1) is 14.4. The number of aromatic nitrogens is 4. The molecule has 7 nitrogen and oxygen atoms in total. The minimum atomic E-state index is -0.464. The molecule has 0 aliphatic heterocycles. The van der Waals surface area contributed by atoms with Gasteiger partial charge in [-0.3, -0.25) is 9.36 Å². The lowest BCUT2D eigenvalue weighted by Crippen LogP contribution is -2.23. The SMILES string of the molecule is COCCn1c(SC(C)C(=O)Nc2ncc(Cl)cc2Cl)nnc1-c1cccc(C)c1. The van der Waals surface area contributed by atoms with Crippen LogP contribution in [0.25, 0.3) is 11.4 Å². The Morgan fingerprint density at radius 1 is 1.30 bits per heavy atom. The number of amides is 1. The van der Waals surface area contributed by atoms with E-state index in [2.05, 4.69) is 20.5 Å². The van der Waals surface area contributed by atoms with E-state index < -0.39 is 5.25 Å². The van der Waals surface area contributed by atoms with Gasteiger partial charge in [-0.15, -0.1) is 10.2 Å². The van der Waals surface area contributed by atoms with Crippen LogP contribution in [0.1, 0.15) is 12.5 Å². The average Bonchev–Trinajstić information content (AvgIpc) is 3.10. The fourth-order valence-electron chi connectivity index (χ4n) is 2.69. The molecule has 1 amide bonds. The van der Waals surface area contributed by atoms with Crippen molar-refractivity contribution in [1.29, 1.82) is 0 Å². The summed E-state index contributed by atoms with van der Waals surface area (Å²) in [6.07, 6.45) is 1.43. The first kappa shape index (κ1) is 22.6. The number of thioether (sulfide) groups is 1. The van der Waals surface area contributed by atoms with Crippen molar-refractivity contribution in [2.45, 2.75) is 30.8 Å². The van der Waals surface area contributed by atoms with Crippen LogP contribution in [0.2, 0.25) is 10.0 Å². The Bertz CT molecular complexity index is 1040. The molecule has 10 heteroatoms. The minimum Gasteiger partial charge on any atom is -0.383 e. The Morgan fingerprint density at radius 2 is 2.10 bits per heavy atom. The number of benzene rings is 1. The highest BCUT2D eigenvalue weighted by Gasteiger charge is 2.22. The van der Waals surface area contributed by atoms with Crippen LogP contribution >= 0.6 is 35.0 Å². The second kappa shape index (κ2) is 10.3. The second-order valence-electron chi connectivity index (χ2n) is 6.55. The van der Waals surface area contributed by atoms with Gasteiger partial charge >= 0.3 is 0 Å². The lowest BCUT2D eigenvalue weighted by atomic mass is 10.1. The van der Waals surface area contributed by atoms with E-state index in [0.717, 1.165) is 17.0 Å². The molecule has 0 saturated heterocycles. The monoisotopic (exact) mass is 465 g/mol. The quantitative estimate of drug-likeness (QED) is 0.484. The van der Waals surface area contributed by atoms with Crippen molar-refractivity contribution in [3.63, 3.8) is 0 Å². The number of pyridine rings is 1. The molecule has 0 saturated carbocycles. The van der Waals surface area contributed by atoms with Crippen molar-refractivity contribution in [3.8, 4) is 11.4 Å². The third-order valence-electron chi connectivity index (χ3n) is 4.21. The number of halogens is 2. The minimum absolute atomic E-state index is 0.255. The molecule has 1 aromatic carbocycles. The summed E-state index contributed by atoms with van der Waals surface area (Å²) < 4.78 is 7.20. The fraction of sp³-hybridized carbons (Fsp3) is 0.300. The van der Waals surface area contributed by atoms with Crippen LogP contribution < -0.4 is 5.32 Å². The van der Waals surface area contributed by atoms with Crippen LogP contribution in [-0.2, 0) is 16.1 Å². The highest BCUT2D eigenvalue weighted by molar-refractivity contribution is 8.00. The van der Waals surface area contributed by atoms with Crippen molar-refractivity contribution in [3.05, 3.63) is 52.1 Å². The van der Waals surface area contributed by atoms with E-state index in [1.54, 1.807) is 14.0 Å². The van der Waals surface area contributed by atoms with Gasteiger partial charge in [-0.2, -0.15) is 0 Å². The fourth-order valence-corrected chi connectivity index (χ4v) is 4.00. The predicted octanol–water partition coefficient (Wildman–Crippen LogP) is 4.72. The second-order valence-corrected chi connectivity index (χ2v) is 8.70. The summed E-state index contributed by atoms with van der Waals surface area (Å²) in [6.45, 7) is 4.87. The number of rotatable bonds is 8. The number of methoxy groups -OCH3 is 1. The van der Waals surface area contributed by atoms with Crippen LogP contribution in [0.4, 0.5) is 5.82 Å². The standard InChI is InChI=1S/C20H21Cl2N5O2S/c1-12-5-4-6-14(9-12)18-25-26-20(27(18)7-8-29-3)30-13(2)19(28)24-17-16(22)10-15(21)11-23-17/h4-6,9-11,13H,7-8H2,1-3H3,(H,23,24,28). The molecule has 3 aromatic rings. The van der Waals surface area contributed by atoms with Gasteiger partial charge in [-0.05, 0) is 26.0 Å². The van der Waals surface area contributed by atoms with Gasteiger partial charge in [0, 0.05) is 18.9 Å². The van der Waals surface area contributed by atoms with Gasteiger partial charge in [0.25, 0.3) is 0 Å². The number of aryl methyl sites for hydroxylation is 1. The normalized spacial score (nSPS) is 12.0. The molecule has 0 fully saturated rings. The van der Waals surface area contributed by atoms with Gasteiger partial charge in [0.1, 0.15) is 0 Å². The maximum atomic E-state index is 12.7. The van der Waals surface area contributed by atoms with Gasteiger partial charge < -0.3 is 10.1 Å². The van der Waals surface area contributed by atoms with Crippen molar-refractivity contribution >= 4 is 46.7 Å². The highest BCUT2D eigenvalue weighted by Crippen LogP contribution is 2.29. The van der Waals surface area contributed by atoms with Gasteiger partial charge in [0.2, 0.25) is 5.91 Å². The first-order valence-corrected chi connectivity index (χ1v) is 10.8. The molecule has 0 spiro atoms. The Hall–Kier alpha value is -2.13. The van der Waals surface area contributed by atoms with Crippen LogP contribution in [0, 0.1) is 6.92 Å². The largest absolute Gasteiger partial charge is 0.383 e. The molecule has 3 rings (SSSR count). The summed E-state index contributed by atoms with van der Waals surface area (Å²) in [6, 6.07) is 9.56. The molecule has 30 heavy (non-hydrogen) atoms. The molecule has 2 heterocycles. The van der Waals surface area contributed by atoms with E-state index in [0.29, 0.717) is 23.3 Å². The number of nitrogens with zero attached hydrogens (tertiary/aromatic N) is 4. The summed E-state index contributed by atoms with van der Waals surface area (Å²) in [5.41, 5.74) is 2.09. The molecular formula is C20H21Cl2N5O2S. The molecular weight excluding hydrogens is 445 g/mol. The number of nitrogens with one attached hydrogen (secondary N) is 1.